The van der Waals surface area contributed by atoms with Gasteiger partial charge < -0.3 is 14.5 Å². The van der Waals surface area contributed by atoms with Crippen molar-refractivity contribution in [3.63, 3.8) is 0 Å². The Labute approximate surface area is 156 Å². The number of piperazine rings is 1. The maximum Gasteiger partial charge on any atom is 0.269 e. The number of carbonyl (C=O) groups is 1. The number of nitrogens with zero attached hydrogens (tertiary/aromatic N) is 4. The minimum atomic E-state index is -0.426. The van der Waals surface area contributed by atoms with E-state index in [4.69, 9.17) is 10.00 Å². The van der Waals surface area contributed by atoms with Gasteiger partial charge in [-0.25, -0.2) is 0 Å². The lowest BCUT2D eigenvalue weighted by molar-refractivity contribution is -0.384. The molecule has 27 heavy (non-hydrogen) atoms. The van der Waals surface area contributed by atoms with Crippen molar-refractivity contribution >= 4 is 17.3 Å². The van der Waals surface area contributed by atoms with Crippen molar-refractivity contribution in [2.45, 2.75) is 0 Å². The van der Waals surface area contributed by atoms with Crippen molar-refractivity contribution in [1.29, 1.82) is 5.26 Å². The van der Waals surface area contributed by atoms with E-state index in [-0.39, 0.29) is 18.2 Å². The predicted molar refractivity (Wildman–Crippen MR) is 98.5 cm³/mol. The first-order valence-electron chi connectivity index (χ1n) is 8.47. The van der Waals surface area contributed by atoms with Crippen molar-refractivity contribution in [3.05, 3.63) is 64.2 Å². The second kappa shape index (κ2) is 8.19. The number of carbonyl (C=O) groups excluding carboxylic acids is 1. The van der Waals surface area contributed by atoms with Crippen LogP contribution in [0.15, 0.2) is 48.5 Å². The van der Waals surface area contributed by atoms with Gasteiger partial charge in [-0.2, -0.15) is 5.26 Å². The number of nitro groups is 1. The molecule has 3 rings (SSSR count). The van der Waals surface area contributed by atoms with Crippen LogP contribution in [0, 0.1) is 21.4 Å². The first-order valence-corrected chi connectivity index (χ1v) is 8.47. The van der Waals surface area contributed by atoms with E-state index in [2.05, 4.69) is 4.90 Å². The maximum absolute atomic E-state index is 12.4. The number of nitro benzene ring substituents is 1. The first-order chi connectivity index (χ1) is 13.1. The Morgan fingerprint density at radius 1 is 1.11 bits per heavy atom. The van der Waals surface area contributed by atoms with Gasteiger partial charge in [-0.05, 0) is 24.3 Å². The number of amides is 1. The Morgan fingerprint density at radius 2 is 1.78 bits per heavy atom. The van der Waals surface area contributed by atoms with Crippen molar-refractivity contribution in [1.82, 2.24) is 4.90 Å². The summed E-state index contributed by atoms with van der Waals surface area (Å²) >= 11 is 0. The van der Waals surface area contributed by atoms with Gasteiger partial charge in [0.15, 0.2) is 6.61 Å². The van der Waals surface area contributed by atoms with E-state index < -0.39 is 4.92 Å². The van der Waals surface area contributed by atoms with Gasteiger partial charge in [0.05, 0.1) is 10.5 Å². The van der Waals surface area contributed by atoms with Gasteiger partial charge in [0.2, 0.25) is 0 Å². The van der Waals surface area contributed by atoms with E-state index in [0.717, 1.165) is 5.69 Å². The second-order valence-corrected chi connectivity index (χ2v) is 6.04. The number of nitriles is 1. The van der Waals surface area contributed by atoms with Crippen LogP contribution >= 0.6 is 0 Å². The van der Waals surface area contributed by atoms with Crippen molar-refractivity contribution in [2.75, 3.05) is 37.7 Å². The minimum Gasteiger partial charge on any atom is -0.482 e. The molecule has 1 saturated heterocycles. The number of para-hydroxylation sites is 1. The Morgan fingerprint density at radius 3 is 2.41 bits per heavy atom. The summed E-state index contributed by atoms with van der Waals surface area (Å²) in [6.07, 6.45) is 0. The van der Waals surface area contributed by atoms with Gasteiger partial charge in [0.1, 0.15) is 11.8 Å². The number of hydrogen-bond donors (Lipinski definition) is 0. The summed E-state index contributed by atoms with van der Waals surface area (Å²) in [5.74, 6) is 0.268. The monoisotopic (exact) mass is 366 g/mol. The van der Waals surface area contributed by atoms with Gasteiger partial charge in [0.25, 0.3) is 11.6 Å². The molecule has 0 aliphatic carbocycles. The summed E-state index contributed by atoms with van der Waals surface area (Å²) in [7, 11) is 0. The van der Waals surface area contributed by atoms with Crippen molar-refractivity contribution < 1.29 is 14.5 Å². The highest BCUT2D eigenvalue weighted by molar-refractivity contribution is 5.78. The number of rotatable bonds is 5. The molecule has 1 aliphatic heterocycles. The van der Waals surface area contributed by atoms with E-state index in [0.29, 0.717) is 37.5 Å². The van der Waals surface area contributed by atoms with Crippen molar-refractivity contribution in [2.24, 2.45) is 0 Å². The molecule has 2 aromatic carbocycles. The summed E-state index contributed by atoms with van der Waals surface area (Å²) in [5.41, 5.74) is 1.35. The lowest BCUT2D eigenvalue weighted by Gasteiger charge is -2.36. The van der Waals surface area contributed by atoms with E-state index >= 15 is 0 Å². The molecule has 1 heterocycles. The van der Waals surface area contributed by atoms with Crippen molar-refractivity contribution in [3.8, 4) is 11.8 Å². The molecule has 0 unspecified atom stereocenters. The molecule has 0 N–H and O–H groups in total. The summed E-state index contributed by atoms with van der Waals surface area (Å²) in [6, 6.07) is 15.2. The molecule has 1 amide bonds. The largest absolute Gasteiger partial charge is 0.482 e. The first kappa shape index (κ1) is 18.2. The Kier molecular flexibility index (Phi) is 5.52. The third kappa shape index (κ3) is 4.33. The number of ether oxygens (including phenoxy) is 1. The third-order valence-corrected chi connectivity index (χ3v) is 4.42. The molecule has 138 valence electrons. The maximum atomic E-state index is 12.4. The zero-order valence-electron chi connectivity index (χ0n) is 14.6. The van der Waals surface area contributed by atoms with Crippen LogP contribution in [0.5, 0.6) is 5.75 Å². The summed E-state index contributed by atoms with van der Waals surface area (Å²) in [6.45, 7) is 2.24. The molecule has 0 atom stereocenters. The molecular weight excluding hydrogens is 348 g/mol. The van der Waals surface area contributed by atoms with Crippen LogP contribution in [0.3, 0.4) is 0 Å². The van der Waals surface area contributed by atoms with E-state index in [9.17, 15) is 14.9 Å². The summed E-state index contributed by atoms with van der Waals surface area (Å²) in [5, 5.41) is 19.8. The van der Waals surface area contributed by atoms with Crippen LogP contribution in [0.4, 0.5) is 11.4 Å². The average Bonchev–Trinajstić information content (AvgIpc) is 2.72. The lowest BCUT2D eigenvalue weighted by Crippen LogP contribution is -2.50. The molecule has 0 aromatic heterocycles. The fraction of sp³-hybridized carbons (Fsp3) is 0.263. The number of anilines is 1. The van der Waals surface area contributed by atoms with E-state index in [1.807, 2.05) is 6.07 Å². The Balaban J connectivity index is 1.52. The quantitative estimate of drug-likeness (QED) is 0.594. The summed E-state index contributed by atoms with van der Waals surface area (Å²) in [4.78, 5) is 26.5. The summed E-state index contributed by atoms with van der Waals surface area (Å²) < 4.78 is 5.50. The van der Waals surface area contributed by atoms with Crippen LogP contribution in [0.25, 0.3) is 0 Å². The number of benzene rings is 2. The minimum absolute atomic E-state index is 0.0577. The fourth-order valence-corrected chi connectivity index (χ4v) is 2.91. The van der Waals surface area contributed by atoms with Gasteiger partial charge in [0, 0.05) is 44.0 Å². The second-order valence-electron chi connectivity index (χ2n) is 6.04. The van der Waals surface area contributed by atoms with Gasteiger partial charge >= 0.3 is 0 Å². The van der Waals surface area contributed by atoms with Crippen LogP contribution in [0.2, 0.25) is 0 Å². The SMILES string of the molecule is N#Cc1ccccc1OCC(=O)N1CCN(c2ccc([N+](=O)[O-])cc2)CC1. The van der Waals surface area contributed by atoms with E-state index in [1.54, 1.807) is 41.3 Å². The van der Waals surface area contributed by atoms with Gasteiger partial charge in [-0.1, -0.05) is 12.1 Å². The molecule has 0 spiro atoms. The topological polar surface area (TPSA) is 99.7 Å². The van der Waals surface area contributed by atoms with E-state index in [1.165, 1.54) is 12.1 Å². The highest BCUT2D eigenvalue weighted by Crippen LogP contribution is 2.21. The highest BCUT2D eigenvalue weighted by atomic mass is 16.6. The predicted octanol–water partition coefficient (Wildman–Crippen LogP) is 2.19. The third-order valence-electron chi connectivity index (χ3n) is 4.42. The van der Waals surface area contributed by atoms with Crippen LogP contribution in [-0.4, -0.2) is 48.5 Å². The fourth-order valence-electron chi connectivity index (χ4n) is 2.91. The molecule has 0 bridgehead atoms. The Bertz CT molecular complexity index is 868. The molecule has 1 fully saturated rings. The van der Waals surface area contributed by atoms with Crippen LogP contribution in [0.1, 0.15) is 5.56 Å². The molecule has 2 aromatic rings. The molecule has 1 aliphatic rings. The van der Waals surface area contributed by atoms with Gasteiger partial charge in [-0.15, -0.1) is 0 Å². The number of non-ortho nitro benzene ring substituents is 1. The molecular formula is C19H18N4O4. The van der Waals surface area contributed by atoms with Gasteiger partial charge in [-0.3, -0.25) is 14.9 Å². The number of hydrogen-bond acceptors (Lipinski definition) is 6. The molecule has 0 radical (unpaired) electrons. The standard InChI is InChI=1S/C19H18N4O4/c20-13-15-3-1-2-4-18(15)27-14-19(24)22-11-9-21(10-12-22)16-5-7-17(8-6-16)23(25)26/h1-8H,9-12,14H2. The van der Waals surface area contributed by atoms with Crippen LogP contribution < -0.4 is 9.64 Å². The zero-order valence-corrected chi connectivity index (χ0v) is 14.6. The average molecular weight is 366 g/mol. The normalized spacial score (nSPS) is 13.7. The molecule has 0 saturated carbocycles. The smallest absolute Gasteiger partial charge is 0.269 e. The zero-order chi connectivity index (χ0) is 19.2. The Hall–Kier alpha value is -3.60. The molecule has 8 nitrogen and oxygen atoms in total. The highest BCUT2D eigenvalue weighted by Gasteiger charge is 2.22. The van der Waals surface area contributed by atoms with Crippen LogP contribution in [-0.2, 0) is 4.79 Å². The molecule has 8 heteroatoms. The lowest BCUT2D eigenvalue weighted by atomic mass is 10.2.